The third kappa shape index (κ3) is 3.38. The summed E-state index contributed by atoms with van der Waals surface area (Å²) < 4.78 is 36.8. The minimum atomic E-state index is -5.02. The number of hydrogen-bond donors (Lipinski definition) is 3. The second-order valence-corrected chi connectivity index (χ2v) is 5.09. The lowest BCUT2D eigenvalue weighted by molar-refractivity contribution is -0.173. The van der Waals surface area contributed by atoms with E-state index in [9.17, 15) is 27.9 Å². The Hall–Kier alpha value is -2.71. The number of aromatic carboxylic acids is 1. The van der Waals surface area contributed by atoms with Gasteiger partial charge in [0.1, 0.15) is 5.69 Å². The molecule has 124 valence electrons. The maximum Gasteiger partial charge on any atom is 0.471 e. The summed E-state index contributed by atoms with van der Waals surface area (Å²) >= 11 is 0. The van der Waals surface area contributed by atoms with Crippen LogP contribution in [0.4, 0.5) is 18.9 Å². The maximum atomic E-state index is 12.3. The Labute approximate surface area is 128 Å². The normalized spacial score (nSPS) is 11.5. The molecule has 6 nitrogen and oxygen atoms in total. The summed E-state index contributed by atoms with van der Waals surface area (Å²) in [5.41, 5.74) is 1.05. The van der Waals surface area contributed by atoms with Crippen LogP contribution in [0.25, 0.3) is 10.9 Å². The highest BCUT2D eigenvalue weighted by Gasteiger charge is 2.38. The Morgan fingerprint density at radius 2 is 1.96 bits per heavy atom. The predicted octanol–water partition coefficient (Wildman–Crippen LogP) is 2.11. The van der Waals surface area contributed by atoms with Crippen molar-refractivity contribution in [3.05, 3.63) is 29.5 Å². The number of carbonyl (C=O) groups is 2. The van der Waals surface area contributed by atoms with Gasteiger partial charge in [-0.05, 0) is 18.2 Å². The highest BCUT2D eigenvalue weighted by Crippen LogP contribution is 2.27. The number of hydrogen-bond acceptors (Lipinski definition) is 3. The highest BCUT2D eigenvalue weighted by atomic mass is 19.4. The summed E-state index contributed by atoms with van der Waals surface area (Å²) in [4.78, 5) is 26.6. The number of aromatic amines is 1. The summed E-state index contributed by atoms with van der Waals surface area (Å²) in [7, 11) is 3.55. The average Bonchev–Trinajstić information content (AvgIpc) is 2.81. The average molecular weight is 329 g/mol. The number of amides is 1. The van der Waals surface area contributed by atoms with Crippen molar-refractivity contribution >= 4 is 28.5 Å². The van der Waals surface area contributed by atoms with Gasteiger partial charge in [-0.25, -0.2) is 4.79 Å². The quantitative estimate of drug-likeness (QED) is 0.802. The smallest absolute Gasteiger partial charge is 0.471 e. The van der Waals surface area contributed by atoms with Crippen LogP contribution in [0, 0.1) is 0 Å². The van der Waals surface area contributed by atoms with Crippen LogP contribution in [0.15, 0.2) is 18.2 Å². The van der Waals surface area contributed by atoms with Crippen molar-refractivity contribution in [3.63, 3.8) is 0 Å². The minimum absolute atomic E-state index is 0.0915. The molecule has 1 aromatic carbocycles. The lowest BCUT2D eigenvalue weighted by atomic mass is 10.1. The Morgan fingerprint density at radius 3 is 2.48 bits per heavy atom. The second kappa shape index (κ2) is 5.82. The number of halogens is 3. The number of anilines is 1. The van der Waals surface area contributed by atoms with E-state index in [0.29, 0.717) is 10.9 Å². The molecule has 0 radical (unpaired) electrons. The van der Waals surface area contributed by atoms with E-state index in [1.165, 1.54) is 0 Å². The fourth-order valence-electron chi connectivity index (χ4n) is 2.15. The van der Waals surface area contributed by atoms with Gasteiger partial charge in [-0.2, -0.15) is 13.2 Å². The molecule has 0 aliphatic carbocycles. The SMILES string of the molecule is CN(C)c1ccc2[nH]c(C(=O)O)c(CNC(=O)C(F)(F)F)c2c1. The molecule has 3 N–H and O–H groups in total. The number of benzene rings is 1. The number of rotatable bonds is 4. The van der Waals surface area contributed by atoms with Crippen LogP contribution in [0.3, 0.4) is 0 Å². The second-order valence-electron chi connectivity index (χ2n) is 5.09. The first-order valence-corrected chi connectivity index (χ1v) is 6.51. The molecular weight excluding hydrogens is 315 g/mol. The minimum Gasteiger partial charge on any atom is -0.477 e. The standard InChI is InChI=1S/C14H14F3N3O3/c1-20(2)7-3-4-10-8(5-7)9(11(19-10)12(21)22)6-18-13(23)14(15,16)17/h3-5,19H,6H2,1-2H3,(H,18,23)(H,21,22). The number of fused-ring (bicyclic) bond motifs is 1. The fourth-order valence-corrected chi connectivity index (χ4v) is 2.15. The number of nitrogens with zero attached hydrogens (tertiary/aromatic N) is 1. The van der Waals surface area contributed by atoms with Crippen molar-refractivity contribution in [3.8, 4) is 0 Å². The molecule has 0 aliphatic rings. The zero-order chi connectivity index (χ0) is 17.4. The van der Waals surface area contributed by atoms with Gasteiger partial charge in [0, 0.05) is 42.8 Å². The van der Waals surface area contributed by atoms with Gasteiger partial charge in [-0.1, -0.05) is 0 Å². The zero-order valence-corrected chi connectivity index (χ0v) is 12.3. The summed E-state index contributed by atoms with van der Waals surface area (Å²) in [6, 6.07) is 5.02. The predicted molar refractivity (Wildman–Crippen MR) is 77.5 cm³/mol. The topological polar surface area (TPSA) is 85.4 Å². The number of nitrogens with one attached hydrogen (secondary N) is 2. The zero-order valence-electron chi connectivity index (χ0n) is 12.3. The Kier molecular flexibility index (Phi) is 4.22. The molecule has 0 bridgehead atoms. The monoisotopic (exact) mass is 329 g/mol. The largest absolute Gasteiger partial charge is 0.477 e. The van der Waals surface area contributed by atoms with Gasteiger partial charge < -0.3 is 20.3 Å². The third-order valence-corrected chi connectivity index (χ3v) is 3.30. The van der Waals surface area contributed by atoms with Crippen molar-refractivity contribution < 1.29 is 27.9 Å². The Morgan fingerprint density at radius 1 is 1.30 bits per heavy atom. The van der Waals surface area contributed by atoms with E-state index in [1.54, 1.807) is 42.5 Å². The first-order chi connectivity index (χ1) is 10.6. The number of aromatic nitrogens is 1. The van der Waals surface area contributed by atoms with Crippen LogP contribution in [0.1, 0.15) is 16.1 Å². The number of H-pyrrole nitrogens is 1. The molecule has 1 amide bonds. The van der Waals surface area contributed by atoms with E-state index in [-0.39, 0.29) is 11.3 Å². The molecule has 0 saturated heterocycles. The van der Waals surface area contributed by atoms with Gasteiger partial charge in [0.2, 0.25) is 0 Å². The third-order valence-electron chi connectivity index (χ3n) is 3.30. The molecule has 2 aromatic rings. The van der Waals surface area contributed by atoms with E-state index in [1.807, 2.05) is 0 Å². The molecule has 9 heteroatoms. The molecule has 1 heterocycles. The number of carboxylic acid groups (broad SMARTS) is 1. The van der Waals surface area contributed by atoms with Gasteiger partial charge in [0.15, 0.2) is 0 Å². The molecular formula is C14H14F3N3O3. The van der Waals surface area contributed by atoms with E-state index >= 15 is 0 Å². The van der Waals surface area contributed by atoms with E-state index in [4.69, 9.17) is 0 Å². The van der Waals surface area contributed by atoms with Gasteiger partial charge in [0.05, 0.1) is 0 Å². The van der Waals surface area contributed by atoms with Crippen molar-refractivity contribution in [2.24, 2.45) is 0 Å². The lowest BCUT2D eigenvalue weighted by Crippen LogP contribution is -2.36. The molecule has 0 saturated carbocycles. The van der Waals surface area contributed by atoms with Crippen molar-refractivity contribution in [1.29, 1.82) is 0 Å². The van der Waals surface area contributed by atoms with Gasteiger partial charge in [0.25, 0.3) is 0 Å². The fraction of sp³-hybridized carbons (Fsp3) is 0.286. The van der Waals surface area contributed by atoms with Crippen LogP contribution in [-0.2, 0) is 11.3 Å². The number of carboxylic acids is 1. The van der Waals surface area contributed by atoms with Crippen LogP contribution in [-0.4, -0.2) is 42.2 Å². The molecule has 0 fully saturated rings. The van der Waals surface area contributed by atoms with Gasteiger partial charge >= 0.3 is 18.1 Å². The number of alkyl halides is 3. The van der Waals surface area contributed by atoms with Crippen molar-refractivity contribution in [1.82, 2.24) is 10.3 Å². The number of carbonyl (C=O) groups excluding carboxylic acids is 1. The van der Waals surface area contributed by atoms with Gasteiger partial charge in [-0.3, -0.25) is 4.79 Å². The molecule has 23 heavy (non-hydrogen) atoms. The molecule has 0 atom stereocenters. The highest BCUT2D eigenvalue weighted by molar-refractivity contribution is 5.98. The van der Waals surface area contributed by atoms with E-state index < -0.39 is 24.6 Å². The van der Waals surface area contributed by atoms with Crippen molar-refractivity contribution in [2.75, 3.05) is 19.0 Å². The molecule has 0 unspecified atom stereocenters. The molecule has 1 aromatic heterocycles. The van der Waals surface area contributed by atoms with Crippen LogP contribution >= 0.6 is 0 Å². The van der Waals surface area contributed by atoms with Crippen LogP contribution < -0.4 is 10.2 Å². The van der Waals surface area contributed by atoms with E-state index in [0.717, 1.165) is 5.69 Å². The maximum absolute atomic E-state index is 12.3. The summed E-state index contributed by atoms with van der Waals surface area (Å²) in [6.07, 6.45) is -5.02. The summed E-state index contributed by atoms with van der Waals surface area (Å²) in [5, 5.41) is 11.3. The van der Waals surface area contributed by atoms with E-state index in [2.05, 4.69) is 4.98 Å². The van der Waals surface area contributed by atoms with Crippen LogP contribution in [0.5, 0.6) is 0 Å². The first-order valence-electron chi connectivity index (χ1n) is 6.51. The molecule has 2 rings (SSSR count). The summed E-state index contributed by atoms with van der Waals surface area (Å²) in [6.45, 7) is -0.545. The van der Waals surface area contributed by atoms with Crippen molar-refractivity contribution in [2.45, 2.75) is 12.7 Å². The molecule has 0 aliphatic heterocycles. The van der Waals surface area contributed by atoms with Gasteiger partial charge in [-0.15, -0.1) is 0 Å². The Balaban J connectivity index is 2.46. The summed E-state index contributed by atoms with van der Waals surface area (Å²) in [5.74, 6) is -3.43. The first kappa shape index (κ1) is 16.7. The Bertz CT molecular complexity index is 766. The lowest BCUT2D eigenvalue weighted by Gasteiger charge is -2.13. The molecule has 0 spiro atoms. The van der Waals surface area contributed by atoms with Crippen LogP contribution in [0.2, 0.25) is 0 Å².